The second kappa shape index (κ2) is 3.70. The Morgan fingerprint density at radius 1 is 1.67 bits per heavy atom. The first-order valence-corrected chi connectivity index (χ1v) is 5.24. The van der Waals surface area contributed by atoms with Crippen LogP contribution >= 0.6 is 0 Å². The molecule has 1 aliphatic carbocycles. The van der Waals surface area contributed by atoms with Crippen molar-refractivity contribution in [1.29, 1.82) is 0 Å². The Bertz CT molecular complexity index is 341. The molecule has 0 bridgehead atoms. The van der Waals surface area contributed by atoms with E-state index in [-0.39, 0.29) is 6.04 Å². The zero-order valence-electron chi connectivity index (χ0n) is 8.79. The standard InChI is InChI=1S/C11H16N2O2/c1-12-9(8-3-6-13-7-8)11(10(14)15)4-2-5-11/h3,6-7,9,12-13H,2,4-5H2,1H3,(H,14,15). The van der Waals surface area contributed by atoms with Crippen LogP contribution < -0.4 is 5.32 Å². The van der Waals surface area contributed by atoms with Gasteiger partial charge in [0.1, 0.15) is 0 Å². The molecule has 0 radical (unpaired) electrons. The molecule has 1 saturated carbocycles. The van der Waals surface area contributed by atoms with E-state index in [0.717, 1.165) is 24.8 Å². The van der Waals surface area contributed by atoms with E-state index in [1.165, 1.54) is 0 Å². The van der Waals surface area contributed by atoms with E-state index in [0.29, 0.717) is 0 Å². The average Bonchev–Trinajstić information content (AvgIpc) is 2.62. The number of aromatic nitrogens is 1. The highest BCUT2D eigenvalue weighted by Gasteiger charge is 2.50. The van der Waals surface area contributed by atoms with Crippen LogP contribution in [0, 0.1) is 5.41 Å². The molecular weight excluding hydrogens is 192 g/mol. The lowest BCUT2D eigenvalue weighted by atomic mass is 9.62. The minimum absolute atomic E-state index is 0.0880. The maximum absolute atomic E-state index is 11.3. The molecule has 1 heterocycles. The van der Waals surface area contributed by atoms with Crippen LogP contribution in [-0.4, -0.2) is 23.1 Å². The Hall–Kier alpha value is -1.29. The van der Waals surface area contributed by atoms with Crippen LogP contribution in [-0.2, 0) is 4.79 Å². The van der Waals surface area contributed by atoms with Gasteiger partial charge in [0.25, 0.3) is 0 Å². The van der Waals surface area contributed by atoms with Gasteiger partial charge in [0, 0.05) is 18.4 Å². The highest BCUT2D eigenvalue weighted by atomic mass is 16.4. The lowest BCUT2D eigenvalue weighted by Crippen LogP contribution is -2.47. The van der Waals surface area contributed by atoms with E-state index in [1.54, 1.807) is 0 Å². The molecule has 15 heavy (non-hydrogen) atoms. The zero-order chi connectivity index (χ0) is 10.9. The zero-order valence-corrected chi connectivity index (χ0v) is 8.79. The lowest BCUT2D eigenvalue weighted by Gasteiger charge is -2.43. The predicted molar refractivity (Wildman–Crippen MR) is 56.5 cm³/mol. The minimum atomic E-state index is -0.686. The Kier molecular flexibility index (Phi) is 2.52. The molecule has 1 atom stereocenters. The van der Waals surface area contributed by atoms with Gasteiger partial charge in [-0.15, -0.1) is 0 Å². The van der Waals surface area contributed by atoms with Gasteiger partial charge < -0.3 is 15.4 Å². The van der Waals surface area contributed by atoms with Gasteiger partial charge in [-0.2, -0.15) is 0 Å². The van der Waals surface area contributed by atoms with Crippen LogP contribution in [0.2, 0.25) is 0 Å². The number of hydrogen-bond acceptors (Lipinski definition) is 2. The molecule has 4 heteroatoms. The van der Waals surface area contributed by atoms with E-state index in [9.17, 15) is 9.90 Å². The Labute approximate surface area is 88.7 Å². The normalized spacial score (nSPS) is 20.6. The first-order chi connectivity index (χ1) is 7.20. The molecular formula is C11H16N2O2. The number of nitrogens with one attached hydrogen (secondary N) is 2. The number of rotatable bonds is 4. The molecule has 0 amide bonds. The summed E-state index contributed by atoms with van der Waals surface area (Å²) in [4.78, 5) is 14.3. The summed E-state index contributed by atoms with van der Waals surface area (Å²) >= 11 is 0. The van der Waals surface area contributed by atoms with Gasteiger partial charge in [-0.05, 0) is 31.5 Å². The van der Waals surface area contributed by atoms with Crippen LogP contribution in [0.5, 0.6) is 0 Å². The summed E-state index contributed by atoms with van der Waals surface area (Å²) in [6, 6.07) is 1.85. The van der Waals surface area contributed by atoms with Crippen molar-refractivity contribution in [1.82, 2.24) is 10.3 Å². The predicted octanol–water partition coefficient (Wildman–Crippen LogP) is 1.53. The monoisotopic (exact) mass is 208 g/mol. The summed E-state index contributed by atoms with van der Waals surface area (Å²) < 4.78 is 0. The number of H-pyrrole nitrogens is 1. The van der Waals surface area contributed by atoms with Crippen molar-refractivity contribution < 1.29 is 9.90 Å². The van der Waals surface area contributed by atoms with Crippen molar-refractivity contribution in [2.24, 2.45) is 5.41 Å². The van der Waals surface area contributed by atoms with Crippen molar-refractivity contribution in [2.45, 2.75) is 25.3 Å². The number of aliphatic carboxylic acids is 1. The molecule has 82 valence electrons. The summed E-state index contributed by atoms with van der Waals surface area (Å²) in [5.74, 6) is -0.686. The first kappa shape index (κ1) is 10.2. The lowest BCUT2D eigenvalue weighted by molar-refractivity contribution is -0.157. The largest absolute Gasteiger partial charge is 0.481 e. The molecule has 1 aromatic heterocycles. The second-order valence-electron chi connectivity index (χ2n) is 4.18. The van der Waals surface area contributed by atoms with Gasteiger partial charge in [0.2, 0.25) is 0 Å². The van der Waals surface area contributed by atoms with Crippen LogP contribution in [0.4, 0.5) is 0 Å². The Morgan fingerprint density at radius 2 is 2.40 bits per heavy atom. The summed E-state index contributed by atoms with van der Waals surface area (Å²) in [6.07, 6.45) is 6.23. The molecule has 1 aliphatic rings. The Balaban J connectivity index is 2.29. The highest BCUT2D eigenvalue weighted by molar-refractivity contribution is 5.77. The fourth-order valence-electron chi connectivity index (χ4n) is 2.46. The summed E-state index contributed by atoms with van der Waals surface area (Å²) in [7, 11) is 1.82. The fraction of sp³-hybridized carbons (Fsp3) is 0.545. The average molecular weight is 208 g/mol. The summed E-state index contributed by atoms with van der Waals surface area (Å²) in [6.45, 7) is 0. The van der Waals surface area contributed by atoms with Crippen molar-refractivity contribution in [3.05, 3.63) is 24.0 Å². The van der Waals surface area contributed by atoms with Gasteiger partial charge in [-0.1, -0.05) is 6.42 Å². The van der Waals surface area contributed by atoms with Crippen molar-refractivity contribution in [3.63, 3.8) is 0 Å². The highest BCUT2D eigenvalue weighted by Crippen LogP contribution is 2.50. The van der Waals surface area contributed by atoms with Crippen LogP contribution in [0.25, 0.3) is 0 Å². The second-order valence-corrected chi connectivity index (χ2v) is 4.18. The summed E-state index contributed by atoms with van der Waals surface area (Å²) in [5, 5.41) is 12.5. The molecule has 0 spiro atoms. The Morgan fingerprint density at radius 3 is 2.73 bits per heavy atom. The molecule has 1 fully saturated rings. The molecule has 1 unspecified atom stereocenters. The molecule has 0 saturated heterocycles. The third kappa shape index (κ3) is 1.45. The van der Waals surface area contributed by atoms with Gasteiger partial charge in [-0.3, -0.25) is 4.79 Å². The van der Waals surface area contributed by atoms with E-state index in [2.05, 4.69) is 10.3 Å². The van der Waals surface area contributed by atoms with E-state index < -0.39 is 11.4 Å². The number of carboxylic acid groups (broad SMARTS) is 1. The molecule has 1 aromatic rings. The third-order valence-electron chi connectivity index (χ3n) is 3.47. The number of carboxylic acids is 1. The van der Waals surface area contributed by atoms with Crippen LogP contribution in [0.15, 0.2) is 18.5 Å². The van der Waals surface area contributed by atoms with E-state index >= 15 is 0 Å². The maximum atomic E-state index is 11.3. The molecule has 2 rings (SSSR count). The smallest absolute Gasteiger partial charge is 0.311 e. The van der Waals surface area contributed by atoms with Crippen molar-refractivity contribution in [3.8, 4) is 0 Å². The quantitative estimate of drug-likeness (QED) is 0.703. The molecule has 0 aromatic carbocycles. The van der Waals surface area contributed by atoms with Gasteiger partial charge in [0.05, 0.1) is 5.41 Å². The third-order valence-corrected chi connectivity index (χ3v) is 3.47. The minimum Gasteiger partial charge on any atom is -0.481 e. The molecule has 4 nitrogen and oxygen atoms in total. The number of carbonyl (C=O) groups is 1. The van der Waals surface area contributed by atoms with E-state index in [1.807, 2.05) is 25.5 Å². The van der Waals surface area contributed by atoms with Crippen molar-refractivity contribution in [2.75, 3.05) is 7.05 Å². The summed E-state index contributed by atoms with van der Waals surface area (Å²) in [5.41, 5.74) is 0.427. The molecule has 0 aliphatic heterocycles. The van der Waals surface area contributed by atoms with Crippen LogP contribution in [0.3, 0.4) is 0 Å². The number of aromatic amines is 1. The van der Waals surface area contributed by atoms with Gasteiger partial charge in [-0.25, -0.2) is 0 Å². The fourth-order valence-corrected chi connectivity index (χ4v) is 2.46. The van der Waals surface area contributed by atoms with E-state index in [4.69, 9.17) is 0 Å². The topological polar surface area (TPSA) is 65.1 Å². The SMILES string of the molecule is CNC(c1cc[nH]c1)C1(C(=O)O)CCC1. The van der Waals surface area contributed by atoms with Gasteiger partial charge in [0.15, 0.2) is 0 Å². The maximum Gasteiger partial charge on any atom is 0.311 e. The first-order valence-electron chi connectivity index (χ1n) is 5.24. The van der Waals surface area contributed by atoms with Crippen LogP contribution in [0.1, 0.15) is 30.9 Å². The van der Waals surface area contributed by atoms with Crippen molar-refractivity contribution >= 4 is 5.97 Å². The molecule has 3 N–H and O–H groups in total. The van der Waals surface area contributed by atoms with Gasteiger partial charge >= 0.3 is 5.97 Å². The number of hydrogen-bond donors (Lipinski definition) is 3.